The molecule has 1 aromatic rings. The molecule has 0 spiro atoms. The zero-order chi connectivity index (χ0) is 18.4. The third kappa shape index (κ3) is 6.26. The highest BCUT2D eigenvalue weighted by Gasteiger charge is 2.29. The van der Waals surface area contributed by atoms with Gasteiger partial charge in [0.25, 0.3) is 5.91 Å². The largest absolute Gasteiger partial charge is 0.272 e. The summed E-state index contributed by atoms with van der Waals surface area (Å²) in [5, 5.41) is 4.66. The van der Waals surface area contributed by atoms with Crippen LogP contribution in [0, 0.1) is 0 Å². The summed E-state index contributed by atoms with van der Waals surface area (Å²) in [4.78, 5) is 12.1. The van der Waals surface area contributed by atoms with Crippen molar-refractivity contribution < 1.29 is 13.2 Å². The Morgan fingerprint density at radius 2 is 1.96 bits per heavy atom. The number of hydrogen-bond acceptors (Lipinski definition) is 4. The molecule has 0 bridgehead atoms. The van der Waals surface area contributed by atoms with Gasteiger partial charge in [-0.2, -0.15) is 9.41 Å². The minimum absolute atomic E-state index is 0.117. The first-order valence-electron chi connectivity index (χ1n) is 8.01. The van der Waals surface area contributed by atoms with Gasteiger partial charge in [-0.05, 0) is 30.5 Å². The minimum Gasteiger partial charge on any atom is -0.272 e. The first kappa shape index (κ1) is 20.2. The fraction of sp³-hybridized carbons (Fsp3) is 0.500. The third-order valence-corrected chi connectivity index (χ3v) is 6.07. The molecular formula is C16H21Cl2N3O3S. The molecule has 0 aromatic heterocycles. The van der Waals surface area contributed by atoms with E-state index in [1.165, 1.54) is 10.5 Å². The lowest BCUT2D eigenvalue weighted by molar-refractivity contribution is -0.121. The van der Waals surface area contributed by atoms with Crippen LogP contribution in [0.4, 0.5) is 0 Å². The molecule has 0 heterocycles. The van der Waals surface area contributed by atoms with Gasteiger partial charge in [-0.3, -0.25) is 4.79 Å². The molecule has 138 valence electrons. The Labute approximate surface area is 158 Å². The summed E-state index contributed by atoms with van der Waals surface area (Å²) in [5.74, 6) is -0.479. The molecule has 25 heavy (non-hydrogen) atoms. The SMILES string of the molecule is CS(=O)(=O)N(CC(=O)N/N=C/c1ccc(Cl)c(Cl)c1)C1CCCCC1. The summed E-state index contributed by atoms with van der Waals surface area (Å²) < 4.78 is 25.3. The number of nitrogens with one attached hydrogen (secondary N) is 1. The van der Waals surface area contributed by atoms with Crippen molar-refractivity contribution in [3.8, 4) is 0 Å². The molecule has 0 unspecified atom stereocenters. The maximum absolute atomic E-state index is 12.1. The van der Waals surface area contributed by atoms with Crippen molar-refractivity contribution in [1.29, 1.82) is 0 Å². The lowest BCUT2D eigenvalue weighted by Gasteiger charge is -2.31. The number of halogens is 2. The van der Waals surface area contributed by atoms with Crippen LogP contribution < -0.4 is 5.43 Å². The van der Waals surface area contributed by atoms with Crippen LogP contribution in [-0.4, -0.2) is 43.7 Å². The Hall–Kier alpha value is -1.15. The van der Waals surface area contributed by atoms with Gasteiger partial charge in [0, 0.05) is 6.04 Å². The lowest BCUT2D eigenvalue weighted by atomic mass is 9.95. The first-order chi connectivity index (χ1) is 11.8. The molecule has 0 aliphatic heterocycles. The van der Waals surface area contributed by atoms with E-state index in [2.05, 4.69) is 10.5 Å². The molecule has 9 heteroatoms. The molecule has 0 saturated heterocycles. The average molecular weight is 406 g/mol. The maximum atomic E-state index is 12.1. The van der Waals surface area contributed by atoms with Gasteiger partial charge >= 0.3 is 0 Å². The number of amides is 1. The fourth-order valence-electron chi connectivity index (χ4n) is 2.83. The van der Waals surface area contributed by atoms with Crippen molar-refractivity contribution in [3.63, 3.8) is 0 Å². The Kier molecular flexibility index (Phi) is 7.25. The van der Waals surface area contributed by atoms with Crippen LogP contribution in [0.2, 0.25) is 10.0 Å². The van der Waals surface area contributed by atoms with Gasteiger partial charge in [0.2, 0.25) is 10.0 Å². The molecule has 1 N–H and O–H groups in total. The van der Waals surface area contributed by atoms with Crippen LogP contribution in [-0.2, 0) is 14.8 Å². The van der Waals surface area contributed by atoms with Gasteiger partial charge in [-0.1, -0.05) is 48.5 Å². The topological polar surface area (TPSA) is 78.8 Å². The fourth-order valence-corrected chi connectivity index (χ4v) is 4.25. The van der Waals surface area contributed by atoms with Crippen LogP contribution in [0.25, 0.3) is 0 Å². The predicted octanol–water partition coefficient (Wildman–Crippen LogP) is 3.04. The van der Waals surface area contributed by atoms with E-state index in [0.717, 1.165) is 38.4 Å². The molecule has 1 fully saturated rings. The second kappa shape index (κ2) is 8.98. The summed E-state index contributed by atoms with van der Waals surface area (Å²) in [6, 6.07) is 4.83. The normalized spacial score (nSPS) is 16.5. The first-order valence-corrected chi connectivity index (χ1v) is 10.6. The van der Waals surface area contributed by atoms with Crippen molar-refractivity contribution in [2.24, 2.45) is 5.10 Å². The van der Waals surface area contributed by atoms with E-state index in [1.807, 2.05) is 0 Å². The van der Waals surface area contributed by atoms with E-state index in [9.17, 15) is 13.2 Å². The van der Waals surface area contributed by atoms with Crippen LogP contribution in [0.15, 0.2) is 23.3 Å². The summed E-state index contributed by atoms with van der Waals surface area (Å²) in [6.45, 7) is -0.234. The van der Waals surface area contributed by atoms with Crippen LogP contribution in [0.3, 0.4) is 0 Å². The number of hydrazone groups is 1. The van der Waals surface area contributed by atoms with E-state index < -0.39 is 15.9 Å². The van der Waals surface area contributed by atoms with Crippen LogP contribution in [0.5, 0.6) is 0 Å². The number of rotatable bonds is 6. The summed E-state index contributed by atoms with van der Waals surface area (Å²) in [6.07, 6.45) is 7.19. The van der Waals surface area contributed by atoms with Crippen molar-refractivity contribution in [3.05, 3.63) is 33.8 Å². The molecule has 1 aliphatic carbocycles. The van der Waals surface area contributed by atoms with Crippen LogP contribution in [0.1, 0.15) is 37.7 Å². The number of nitrogens with zero attached hydrogens (tertiary/aromatic N) is 2. The molecule has 6 nitrogen and oxygen atoms in total. The molecule has 1 aromatic carbocycles. The number of carbonyl (C=O) groups is 1. The van der Waals surface area contributed by atoms with Crippen molar-refractivity contribution in [2.75, 3.05) is 12.8 Å². The van der Waals surface area contributed by atoms with Gasteiger partial charge in [-0.25, -0.2) is 13.8 Å². The average Bonchev–Trinajstić information content (AvgIpc) is 2.56. The quantitative estimate of drug-likeness (QED) is 0.583. The summed E-state index contributed by atoms with van der Waals surface area (Å²) in [5.41, 5.74) is 3.02. The van der Waals surface area contributed by atoms with E-state index in [4.69, 9.17) is 23.2 Å². The molecular weight excluding hydrogens is 385 g/mol. The third-order valence-electron chi connectivity index (χ3n) is 4.05. The van der Waals surface area contributed by atoms with Crippen molar-refractivity contribution >= 4 is 45.3 Å². The van der Waals surface area contributed by atoms with Gasteiger partial charge in [0.05, 0.1) is 29.1 Å². The Balaban J connectivity index is 1.96. The van der Waals surface area contributed by atoms with E-state index in [-0.39, 0.29) is 12.6 Å². The summed E-state index contributed by atoms with van der Waals surface area (Å²) in [7, 11) is -3.46. The summed E-state index contributed by atoms with van der Waals surface area (Å²) >= 11 is 11.7. The number of carbonyl (C=O) groups excluding carboxylic acids is 1. The predicted molar refractivity (Wildman–Crippen MR) is 101 cm³/mol. The number of benzene rings is 1. The zero-order valence-corrected chi connectivity index (χ0v) is 16.2. The van der Waals surface area contributed by atoms with E-state index in [0.29, 0.717) is 15.6 Å². The van der Waals surface area contributed by atoms with Gasteiger partial charge < -0.3 is 0 Å². The smallest absolute Gasteiger partial charge is 0.255 e. The Bertz CT molecular complexity index is 747. The minimum atomic E-state index is -3.46. The Morgan fingerprint density at radius 3 is 2.56 bits per heavy atom. The highest BCUT2D eigenvalue weighted by atomic mass is 35.5. The molecule has 0 atom stereocenters. The van der Waals surface area contributed by atoms with Gasteiger partial charge in [0.15, 0.2) is 0 Å². The Morgan fingerprint density at radius 1 is 1.28 bits per heavy atom. The zero-order valence-electron chi connectivity index (χ0n) is 13.9. The molecule has 1 amide bonds. The van der Waals surface area contributed by atoms with E-state index >= 15 is 0 Å². The highest BCUT2D eigenvalue weighted by Crippen LogP contribution is 2.24. The second-order valence-corrected chi connectivity index (χ2v) is 8.82. The van der Waals surface area contributed by atoms with E-state index in [1.54, 1.807) is 18.2 Å². The van der Waals surface area contributed by atoms with Gasteiger partial charge in [-0.15, -0.1) is 0 Å². The van der Waals surface area contributed by atoms with Crippen molar-refractivity contribution in [1.82, 2.24) is 9.73 Å². The second-order valence-electron chi connectivity index (χ2n) is 6.07. The van der Waals surface area contributed by atoms with Gasteiger partial charge in [0.1, 0.15) is 0 Å². The van der Waals surface area contributed by atoms with Crippen molar-refractivity contribution in [2.45, 2.75) is 38.1 Å². The maximum Gasteiger partial charge on any atom is 0.255 e. The molecule has 0 radical (unpaired) electrons. The number of hydrogen-bond donors (Lipinski definition) is 1. The monoisotopic (exact) mass is 405 g/mol. The number of sulfonamides is 1. The standard InChI is InChI=1S/C16H21Cl2N3O3S/c1-25(23,24)21(13-5-3-2-4-6-13)11-16(22)20-19-10-12-7-8-14(17)15(18)9-12/h7-10,13H,2-6,11H2,1H3,(H,20,22)/b19-10+. The molecule has 2 rings (SSSR count). The molecule has 1 saturated carbocycles. The molecule has 1 aliphatic rings. The van der Waals surface area contributed by atoms with Crippen LogP contribution >= 0.6 is 23.2 Å². The lowest BCUT2D eigenvalue weighted by Crippen LogP contribution is -2.45. The highest BCUT2D eigenvalue weighted by molar-refractivity contribution is 7.88.